The summed E-state index contributed by atoms with van der Waals surface area (Å²) in [6.07, 6.45) is 3.91. The van der Waals surface area contributed by atoms with E-state index in [0.717, 1.165) is 37.8 Å². The van der Waals surface area contributed by atoms with Crippen molar-refractivity contribution < 1.29 is 14.3 Å². The molecule has 1 rings (SSSR count). The Morgan fingerprint density at radius 1 is 1.27 bits per heavy atom. The monoisotopic (exact) mass is 312 g/mol. The maximum absolute atomic E-state index is 11.8. The molecule has 5 nitrogen and oxygen atoms in total. The second-order valence-electron chi connectivity index (χ2n) is 7.17. The van der Waals surface area contributed by atoms with Crippen molar-refractivity contribution in [1.82, 2.24) is 10.6 Å². The maximum Gasteiger partial charge on any atom is 0.407 e. The van der Waals surface area contributed by atoms with Crippen molar-refractivity contribution in [3.63, 3.8) is 0 Å². The molecule has 1 fully saturated rings. The molecule has 128 valence electrons. The summed E-state index contributed by atoms with van der Waals surface area (Å²) in [7, 11) is 0. The zero-order valence-corrected chi connectivity index (χ0v) is 14.5. The molecule has 0 aliphatic heterocycles. The van der Waals surface area contributed by atoms with Gasteiger partial charge in [-0.3, -0.25) is 0 Å². The Bertz CT molecular complexity index is 363. The fourth-order valence-corrected chi connectivity index (χ4v) is 2.56. The van der Waals surface area contributed by atoms with Gasteiger partial charge in [0, 0.05) is 18.6 Å². The zero-order chi connectivity index (χ0) is 16.6. The molecule has 0 saturated heterocycles. The molecule has 0 aromatic heterocycles. The summed E-state index contributed by atoms with van der Waals surface area (Å²) in [6, 6.07) is 0.625. The average molecular weight is 312 g/mol. The van der Waals surface area contributed by atoms with E-state index in [1.165, 1.54) is 0 Å². The highest BCUT2D eigenvalue weighted by Crippen LogP contribution is 2.19. The number of hydrogen-bond donors (Lipinski definition) is 2. The fourth-order valence-electron chi connectivity index (χ4n) is 2.56. The van der Waals surface area contributed by atoms with Crippen LogP contribution in [0, 0.1) is 0 Å². The van der Waals surface area contributed by atoms with Crippen LogP contribution in [0.5, 0.6) is 0 Å². The average Bonchev–Trinajstić information content (AvgIpc) is 2.36. The quantitative estimate of drug-likeness (QED) is 0.560. The molecule has 0 radical (unpaired) electrons. The lowest BCUT2D eigenvalue weighted by Crippen LogP contribution is -2.46. The molecule has 1 amide bonds. The van der Waals surface area contributed by atoms with Crippen molar-refractivity contribution in [3.05, 3.63) is 12.2 Å². The SMILES string of the molecule is C=C(C)COCCNC1CCCC(NC(=O)OC(C)(C)C)C1. The third-order valence-electron chi connectivity index (χ3n) is 3.42. The van der Waals surface area contributed by atoms with E-state index in [0.29, 0.717) is 19.3 Å². The van der Waals surface area contributed by atoms with Gasteiger partial charge in [-0.05, 0) is 53.4 Å². The third kappa shape index (κ3) is 9.05. The minimum absolute atomic E-state index is 0.192. The molecule has 0 bridgehead atoms. The first-order valence-corrected chi connectivity index (χ1v) is 8.21. The molecule has 0 heterocycles. The van der Waals surface area contributed by atoms with Crippen LogP contribution in [0.1, 0.15) is 53.4 Å². The van der Waals surface area contributed by atoms with E-state index in [2.05, 4.69) is 17.2 Å². The first-order valence-electron chi connectivity index (χ1n) is 8.21. The van der Waals surface area contributed by atoms with E-state index in [4.69, 9.17) is 9.47 Å². The Kier molecular flexibility index (Phi) is 7.90. The Morgan fingerprint density at radius 3 is 2.59 bits per heavy atom. The van der Waals surface area contributed by atoms with Crippen LogP contribution >= 0.6 is 0 Å². The smallest absolute Gasteiger partial charge is 0.407 e. The second kappa shape index (κ2) is 9.16. The van der Waals surface area contributed by atoms with Gasteiger partial charge in [-0.2, -0.15) is 0 Å². The van der Waals surface area contributed by atoms with Gasteiger partial charge in [-0.25, -0.2) is 4.79 Å². The van der Waals surface area contributed by atoms with Crippen LogP contribution < -0.4 is 10.6 Å². The van der Waals surface area contributed by atoms with Gasteiger partial charge >= 0.3 is 6.09 Å². The molecule has 0 aromatic rings. The molecule has 2 N–H and O–H groups in total. The number of carbonyl (C=O) groups excluding carboxylic acids is 1. The molecular weight excluding hydrogens is 280 g/mol. The van der Waals surface area contributed by atoms with E-state index in [1.54, 1.807) is 0 Å². The van der Waals surface area contributed by atoms with Crippen LogP contribution in [0.25, 0.3) is 0 Å². The number of hydrogen-bond acceptors (Lipinski definition) is 4. The van der Waals surface area contributed by atoms with Crippen molar-refractivity contribution in [3.8, 4) is 0 Å². The Labute approximate surface area is 134 Å². The summed E-state index contributed by atoms with van der Waals surface area (Å²) in [5.41, 5.74) is 0.594. The van der Waals surface area contributed by atoms with Gasteiger partial charge in [0.25, 0.3) is 0 Å². The molecule has 1 saturated carbocycles. The van der Waals surface area contributed by atoms with Gasteiger partial charge in [0.1, 0.15) is 5.60 Å². The number of amides is 1. The topological polar surface area (TPSA) is 59.6 Å². The highest BCUT2D eigenvalue weighted by Gasteiger charge is 2.25. The lowest BCUT2D eigenvalue weighted by molar-refractivity contribution is 0.0488. The van der Waals surface area contributed by atoms with Crippen LogP contribution in [0.2, 0.25) is 0 Å². The third-order valence-corrected chi connectivity index (χ3v) is 3.42. The minimum Gasteiger partial charge on any atom is -0.444 e. The first kappa shape index (κ1) is 19.0. The number of alkyl carbamates (subject to hydrolysis) is 1. The van der Waals surface area contributed by atoms with E-state index < -0.39 is 5.60 Å². The summed E-state index contributed by atoms with van der Waals surface area (Å²) in [4.78, 5) is 11.8. The Balaban J connectivity index is 2.21. The van der Waals surface area contributed by atoms with Gasteiger partial charge in [0.2, 0.25) is 0 Å². The number of carbonyl (C=O) groups is 1. The van der Waals surface area contributed by atoms with Gasteiger partial charge in [0.05, 0.1) is 13.2 Å². The van der Waals surface area contributed by atoms with Gasteiger partial charge in [-0.1, -0.05) is 12.2 Å². The van der Waals surface area contributed by atoms with Crippen molar-refractivity contribution in [2.24, 2.45) is 0 Å². The van der Waals surface area contributed by atoms with Crippen LogP contribution in [0.15, 0.2) is 12.2 Å². The molecular formula is C17H32N2O3. The molecule has 1 aliphatic rings. The Hall–Kier alpha value is -1.07. The molecule has 0 aromatic carbocycles. The maximum atomic E-state index is 11.8. The standard InChI is InChI=1S/C17H32N2O3/c1-13(2)12-21-10-9-18-14-7-6-8-15(11-14)19-16(20)22-17(3,4)5/h14-15,18H,1,6-12H2,2-5H3,(H,19,20). The normalized spacial score (nSPS) is 22.2. The highest BCUT2D eigenvalue weighted by molar-refractivity contribution is 5.68. The van der Waals surface area contributed by atoms with Gasteiger partial charge < -0.3 is 20.1 Å². The van der Waals surface area contributed by atoms with Crippen LogP contribution in [0.4, 0.5) is 4.79 Å². The summed E-state index contributed by atoms with van der Waals surface area (Å²) in [5.74, 6) is 0. The van der Waals surface area contributed by atoms with Crippen LogP contribution in [0.3, 0.4) is 0 Å². The molecule has 0 spiro atoms. The lowest BCUT2D eigenvalue weighted by atomic mass is 9.91. The van der Waals surface area contributed by atoms with Gasteiger partial charge in [0.15, 0.2) is 0 Å². The van der Waals surface area contributed by atoms with E-state index in [-0.39, 0.29) is 12.1 Å². The van der Waals surface area contributed by atoms with Gasteiger partial charge in [-0.15, -0.1) is 0 Å². The number of ether oxygens (including phenoxy) is 2. The molecule has 5 heteroatoms. The first-order chi connectivity index (χ1) is 10.3. The van der Waals surface area contributed by atoms with Crippen molar-refractivity contribution in [2.75, 3.05) is 19.8 Å². The summed E-state index contributed by atoms with van der Waals surface area (Å²) < 4.78 is 10.8. The van der Waals surface area contributed by atoms with Crippen LogP contribution in [-0.4, -0.2) is 43.5 Å². The minimum atomic E-state index is -0.447. The highest BCUT2D eigenvalue weighted by atomic mass is 16.6. The predicted molar refractivity (Wildman–Crippen MR) is 89.0 cm³/mol. The van der Waals surface area contributed by atoms with Crippen molar-refractivity contribution >= 4 is 6.09 Å². The molecule has 1 aliphatic carbocycles. The van der Waals surface area contributed by atoms with Crippen molar-refractivity contribution in [1.29, 1.82) is 0 Å². The van der Waals surface area contributed by atoms with E-state index in [9.17, 15) is 4.79 Å². The summed E-state index contributed by atoms with van der Waals surface area (Å²) in [6.45, 7) is 13.5. The summed E-state index contributed by atoms with van der Waals surface area (Å²) >= 11 is 0. The largest absolute Gasteiger partial charge is 0.444 e. The Morgan fingerprint density at radius 2 is 1.95 bits per heavy atom. The van der Waals surface area contributed by atoms with E-state index in [1.807, 2.05) is 27.7 Å². The summed E-state index contributed by atoms with van der Waals surface area (Å²) in [5, 5.41) is 6.48. The van der Waals surface area contributed by atoms with Crippen LogP contribution in [-0.2, 0) is 9.47 Å². The van der Waals surface area contributed by atoms with E-state index >= 15 is 0 Å². The zero-order valence-electron chi connectivity index (χ0n) is 14.5. The van der Waals surface area contributed by atoms with Crippen molar-refractivity contribution in [2.45, 2.75) is 71.1 Å². The fraction of sp³-hybridized carbons (Fsp3) is 0.824. The molecule has 22 heavy (non-hydrogen) atoms. The number of nitrogens with one attached hydrogen (secondary N) is 2. The molecule has 2 atom stereocenters. The molecule has 2 unspecified atom stereocenters. The number of rotatable bonds is 7. The lowest BCUT2D eigenvalue weighted by Gasteiger charge is -2.31. The second-order valence-corrected chi connectivity index (χ2v) is 7.17. The predicted octanol–water partition coefficient (Wildman–Crippen LogP) is 3.00.